The number of furan rings is 1. The number of hydrogen-bond acceptors (Lipinski definition) is 6. The van der Waals surface area contributed by atoms with E-state index >= 15 is 0 Å². The third kappa shape index (κ3) is 6.31. The first-order chi connectivity index (χ1) is 17.1. The van der Waals surface area contributed by atoms with Crippen molar-refractivity contribution >= 4 is 56.8 Å². The highest BCUT2D eigenvalue weighted by atomic mass is 35.5. The predicted molar refractivity (Wildman–Crippen MR) is 141 cm³/mol. The minimum Gasteiger partial charge on any atom is -0.457 e. The topological polar surface area (TPSA) is 114 Å². The average Bonchev–Trinajstić information content (AvgIpc) is 3.26. The maximum atomic E-state index is 12.6. The minimum absolute atomic E-state index is 0.00257. The van der Waals surface area contributed by atoms with Crippen molar-refractivity contribution in [3.05, 3.63) is 93.9 Å². The Morgan fingerprint density at radius 2 is 1.64 bits per heavy atom. The first-order valence-electron chi connectivity index (χ1n) is 10.6. The molecule has 2 aromatic heterocycles. The number of nitrogens with zero attached hydrogens (tertiary/aromatic N) is 2. The third-order valence-corrected chi connectivity index (χ3v) is 6.75. The van der Waals surface area contributed by atoms with Crippen LogP contribution in [0.2, 0.25) is 10.0 Å². The summed E-state index contributed by atoms with van der Waals surface area (Å²) in [6, 6.07) is 16.0. The molecular weight excluding hydrogens is 523 g/mol. The molecule has 4 aromatic rings. The Hall–Kier alpha value is -3.66. The van der Waals surface area contributed by atoms with Crippen LogP contribution in [0.1, 0.15) is 17.1 Å². The summed E-state index contributed by atoms with van der Waals surface area (Å²) in [7, 11) is -3.90. The number of carbonyl (C=O) groups excluding carboxylic acids is 1. The Bertz CT molecular complexity index is 1550. The highest BCUT2D eigenvalue weighted by Crippen LogP contribution is 2.31. The van der Waals surface area contributed by atoms with Gasteiger partial charge in [-0.15, -0.1) is 0 Å². The zero-order valence-corrected chi connectivity index (χ0v) is 21.4. The SMILES string of the molecule is Cc1cc(C)nc(NS(=O)(=O)c2ccc(NC(=O)/C=C/c3ccc(-c4ccc(Cl)cc4Cl)o3)cc2)n1. The van der Waals surface area contributed by atoms with Gasteiger partial charge in [0.05, 0.1) is 9.92 Å². The molecule has 2 N–H and O–H groups in total. The smallest absolute Gasteiger partial charge is 0.264 e. The van der Waals surface area contributed by atoms with Crippen molar-refractivity contribution in [3.63, 3.8) is 0 Å². The second kappa shape index (κ2) is 10.5. The molecule has 184 valence electrons. The van der Waals surface area contributed by atoms with Gasteiger partial charge >= 0.3 is 0 Å². The van der Waals surface area contributed by atoms with Crippen LogP contribution >= 0.6 is 23.2 Å². The van der Waals surface area contributed by atoms with Crippen LogP contribution in [0.25, 0.3) is 17.4 Å². The molecule has 4 rings (SSSR count). The number of amides is 1. The molecule has 0 aliphatic carbocycles. The van der Waals surface area contributed by atoms with Crippen molar-refractivity contribution in [2.45, 2.75) is 18.7 Å². The molecule has 0 aliphatic heterocycles. The Morgan fingerprint density at radius 3 is 2.31 bits per heavy atom. The van der Waals surface area contributed by atoms with Gasteiger partial charge in [0.1, 0.15) is 11.5 Å². The fourth-order valence-corrected chi connectivity index (χ4v) is 4.73. The number of aromatic nitrogens is 2. The largest absolute Gasteiger partial charge is 0.457 e. The lowest BCUT2D eigenvalue weighted by Gasteiger charge is -2.09. The fourth-order valence-electron chi connectivity index (χ4n) is 3.29. The van der Waals surface area contributed by atoms with Crippen molar-refractivity contribution < 1.29 is 17.6 Å². The van der Waals surface area contributed by atoms with E-state index in [0.717, 1.165) is 0 Å². The number of nitrogens with one attached hydrogen (secondary N) is 2. The van der Waals surface area contributed by atoms with Crippen LogP contribution in [-0.4, -0.2) is 24.3 Å². The summed E-state index contributed by atoms with van der Waals surface area (Å²) < 4.78 is 33.4. The van der Waals surface area contributed by atoms with E-state index in [-0.39, 0.29) is 10.8 Å². The highest BCUT2D eigenvalue weighted by Gasteiger charge is 2.16. The summed E-state index contributed by atoms with van der Waals surface area (Å²) >= 11 is 12.1. The number of sulfonamides is 1. The van der Waals surface area contributed by atoms with Crippen molar-refractivity contribution in [3.8, 4) is 11.3 Å². The maximum Gasteiger partial charge on any atom is 0.264 e. The Morgan fingerprint density at radius 1 is 0.944 bits per heavy atom. The molecule has 0 unspecified atom stereocenters. The van der Waals surface area contributed by atoms with E-state index in [1.54, 1.807) is 50.2 Å². The second-order valence-corrected chi connectivity index (χ2v) is 10.3. The van der Waals surface area contributed by atoms with Crippen LogP contribution in [0.3, 0.4) is 0 Å². The Kier molecular flexibility index (Phi) is 7.44. The van der Waals surface area contributed by atoms with E-state index in [4.69, 9.17) is 27.6 Å². The van der Waals surface area contributed by atoms with Crippen LogP contribution in [0.5, 0.6) is 0 Å². The van der Waals surface area contributed by atoms with Crippen molar-refractivity contribution in [1.82, 2.24) is 9.97 Å². The number of rotatable bonds is 7. The Balaban J connectivity index is 1.39. The standard InChI is InChI=1S/C25H20Cl2N4O4S/c1-15-13-16(2)29-25(28-15)31-36(33,34)20-8-4-18(5-9-20)30-24(32)12-7-19-6-11-23(35-19)21-10-3-17(26)14-22(21)27/h3-14H,1-2H3,(H,30,32)(H,28,29,31)/b12-7+. The fraction of sp³-hybridized carbons (Fsp3) is 0.0800. The molecule has 0 saturated carbocycles. The summed E-state index contributed by atoms with van der Waals surface area (Å²) in [5, 5.41) is 3.64. The lowest BCUT2D eigenvalue weighted by molar-refractivity contribution is -0.111. The summed E-state index contributed by atoms with van der Waals surface area (Å²) in [6.07, 6.45) is 2.81. The van der Waals surface area contributed by atoms with Gasteiger partial charge in [0.15, 0.2) is 0 Å². The Labute approximate surface area is 218 Å². The molecule has 0 bridgehead atoms. The van der Waals surface area contributed by atoms with Gasteiger partial charge < -0.3 is 9.73 Å². The van der Waals surface area contributed by atoms with Gasteiger partial charge in [-0.05, 0) is 80.6 Å². The van der Waals surface area contributed by atoms with E-state index < -0.39 is 15.9 Å². The van der Waals surface area contributed by atoms with E-state index in [0.29, 0.717) is 44.2 Å². The van der Waals surface area contributed by atoms with Crippen LogP contribution < -0.4 is 10.0 Å². The normalized spacial score (nSPS) is 11.6. The molecule has 0 spiro atoms. The minimum atomic E-state index is -3.90. The summed E-state index contributed by atoms with van der Waals surface area (Å²) in [5.74, 6) is 0.560. The number of hydrogen-bond donors (Lipinski definition) is 2. The lowest BCUT2D eigenvalue weighted by atomic mass is 10.2. The summed E-state index contributed by atoms with van der Waals surface area (Å²) in [5.41, 5.74) is 2.38. The maximum absolute atomic E-state index is 12.6. The van der Waals surface area contributed by atoms with Crippen molar-refractivity contribution in [2.24, 2.45) is 0 Å². The van der Waals surface area contributed by atoms with Crippen LogP contribution in [-0.2, 0) is 14.8 Å². The van der Waals surface area contributed by atoms with E-state index in [1.165, 1.54) is 36.4 Å². The van der Waals surface area contributed by atoms with E-state index in [1.807, 2.05) is 0 Å². The molecule has 8 nitrogen and oxygen atoms in total. The molecule has 2 heterocycles. The molecule has 0 atom stereocenters. The molecule has 0 saturated heterocycles. The van der Waals surface area contributed by atoms with Crippen molar-refractivity contribution in [1.29, 1.82) is 0 Å². The van der Waals surface area contributed by atoms with Crippen molar-refractivity contribution in [2.75, 3.05) is 10.0 Å². The summed E-state index contributed by atoms with van der Waals surface area (Å²) in [4.78, 5) is 20.5. The molecule has 36 heavy (non-hydrogen) atoms. The van der Waals surface area contributed by atoms with Gasteiger partial charge in [0, 0.05) is 33.7 Å². The van der Waals surface area contributed by atoms with Crippen LogP contribution in [0.15, 0.2) is 76.1 Å². The van der Waals surface area contributed by atoms with Gasteiger partial charge in [0.25, 0.3) is 10.0 Å². The van der Waals surface area contributed by atoms with E-state index in [9.17, 15) is 13.2 Å². The molecule has 11 heteroatoms. The van der Waals surface area contributed by atoms with E-state index in [2.05, 4.69) is 20.0 Å². The molecule has 0 fully saturated rings. The number of aryl methyl sites for hydroxylation is 2. The zero-order valence-electron chi connectivity index (χ0n) is 19.1. The quantitative estimate of drug-likeness (QED) is 0.272. The lowest BCUT2D eigenvalue weighted by Crippen LogP contribution is -2.16. The molecular formula is C25H20Cl2N4O4S. The number of carbonyl (C=O) groups is 1. The molecule has 2 aromatic carbocycles. The zero-order chi connectivity index (χ0) is 25.9. The first kappa shape index (κ1) is 25.4. The highest BCUT2D eigenvalue weighted by molar-refractivity contribution is 7.92. The molecule has 0 aliphatic rings. The number of anilines is 2. The monoisotopic (exact) mass is 542 g/mol. The van der Waals surface area contributed by atoms with Gasteiger partial charge in [-0.3, -0.25) is 4.79 Å². The number of halogens is 2. The first-order valence-corrected chi connectivity index (χ1v) is 12.8. The third-order valence-electron chi connectivity index (χ3n) is 4.86. The average molecular weight is 543 g/mol. The van der Waals surface area contributed by atoms with Gasteiger partial charge in [-0.25, -0.2) is 23.1 Å². The summed E-state index contributed by atoms with van der Waals surface area (Å²) in [6.45, 7) is 3.50. The van der Waals surface area contributed by atoms with Gasteiger partial charge in [-0.2, -0.15) is 0 Å². The molecule has 0 radical (unpaired) electrons. The van der Waals surface area contributed by atoms with Gasteiger partial charge in [-0.1, -0.05) is 23.2 Å². The van der Waals surface area contributed by atoms with Gasteiger partial charge in [0.2, 0.25) is 11.9 Å². The number of benzene rings is 2. The second-order valence-electron chi connectivity index (χ2n) is 7.75. The van der Waals surface area contributed by atoms with Crippen LogP contribution in [0, 0.1) is 13.8 Å². The predicted octanol–water partition coefficient (Wildman–Crippen LogP) is 6.11. The molecule has 1 amide bonds. The van der Waals surface area contributed by atoms with Crippen LogP contribution in [0.4, 0.5) is 11.6 Å².